The van der Waals surface area contributed by atoms with Crippen molar-refractivity contribution < 1.29 is 45.8 Å². The number of aromatic nitrogens is 3. The summed E-state index contributed by atoms with van der Waals surface area (Å²) in [6.07, 6.45) is -4.38. The van der Waals surface area contributed by atoms with Gasteiger partial charge in [-0.15, -0.1) is 24.8 Å². The molecule has 2 fully saturated rings. The summed E-state index contributed by atoms with van der Waals surface area (Å²) in [6, 6.07) is 2.94. The summed E-state index contributed by atoms with van der Waals surface area (Å²) in [5.74, 6) is -1.92. The van der Waals surface area contributed by atoms with E-state index in [-0.39, 0.29) is 78.9 Å². The highest BCUT2D eigenvalue weighted by atomic mass is 35.5. The quantitative estimate of drug-likeness (QED) is 0.251. The number of anilines is 2. The molecule has 0 unspecified atom stereocenters. The standard InChI is InChI=1S/C30H30F6N6O4.2ClH/c1-46-23-5-4-18(12-21(23)29(31,32)33)26-19(16-42-8-2-3-24(42)30(34,35)36)11-20(13-39-26)40-27(43)22-14-38-25(15-37-22)41-9-6-17(7-10-41)28(44)45;;/h4-5,11-15,17,24H,2-3,6-10,16H2,1H3,(H,40,43)(H,44,45);2*1H/t24-;;/m0../s1. The predicted octanol–water partition coefficient (Wildman–Crippen LogP) is 6.49. The molecule has 0 aliphatic carbocycles. The van der Waals surface area contributed by atoms with E-state index >= 15 is 0 Å². The van der Waals surface area contributed by atoms with Gasteiger partial charge in [0, 0.05) is 25.2 Å². The molecule has 3 aromatic rings. The first-order valence-corrected chi connectivity index (χ1v) is 14.4. The van der Waals surface area contributed by atoms with Crippen LogP contribution in [0.4, 0.5) is 37.8 Å². The van der Waals surface area contributed by atoms with Gasteiger partial charge in [0.15, 0.2) is 0 Å². The summed E-state index contributed by atoms with van der Waals surface area (Å²) in [5, 5.41) is 11.8. The van der Waals surface area contributed by atoms with Crippen LogP contribution < -0.4 is 15.0 Å². The molecule has 2 aliphatic heterocycles. The summed E-state index contributed by atoms with van der Waals surface area (Å²) >= 11 is 0. The summed E-state index contributed by atoms with van der Waals surface area (Å²) in [7, 11) is 1.10. The van der Waals surface area contributed by atoms with E-state index in [2.05, 4.69) is 20.3 Å². The van der Waals surface area contributed by atoms with Crippen LogP contribution in [-0.4, -0.2) is 75.8 Å². The maximum atomic E-state index is 13.8. The van der Waals surface area contributed by atoms with Gasteiger partial charge in [0.2, 0.25) is 0 Å². The van der Waals surface area contributed by atoms with Gasteiger partial charge in [0.25, 0.3) is 5.91 Å². The number of aliphatic carboxylic acids is 1. The molecule has 1 aromatic carbocycles. The molecule has 1 atom stereocenters. The van der Waals surface area contributed by atoms with E-state index in [1.54, 1.807) is 0 Å². The zero-order valence-corrected chi connectivity index (χ0v) is 27.0. The largest absolute Gasteiger partial charge is 0.496 e. The van der Waals surface area contributed by atoms with Crippen LogP contribution in [0.2, 0.25) is 0 Å². The number of hydrogen-bond donors (Lipinski definition) is 2. The molecule has 0 saturated carbocycles. The zero-order valence-electron chi connectivity index (χ0n) is 25.3. The Hall–Kier alpha value is -3.89. The van der Waals surface area contributed by atoms with E-state index < -0.39 is 47.5 Å². The first kappa shape index (κ1) is 38.6. The number of amides is 1. The van der Waals surface area contributed by atoms with E-state index in [9.17, 15) is 41.0 Å². The topological polar surface area (TPSA) is 121 Å². The number of pyridine rings is 1. The van der Waals surface area contributed by atoms with Gasteiger partial charge in [-0.05, 0) is 62.1 Å². The van der Waals surface area contributed by atoms with Crippen LogP contribution in [0.15, 0.2) is 42.9 Å². The van der Waals surface area contributed by atoms with Crippen molar-refractivity contribution >= 4 is 48.2 Å². The molecule has 2 N–H and O–H groups in total. The third-order valence-corrected chi connectivity index (χ3v) is 8.16. The molecule has 0 radical (unpaired) electrons. The minimum Gasteiger partial charge on any atom is -0.496 e. The molecule has 262 valence electrons. The molecule has 18 heteroatoms. The Morgan fingerprint density at radius 1 is 0.958 bits per heavy atom. The maximum absolute atomic E-state index is 13.8. The maximum Gasteiger partial charge on any atom is 0.419 e. The van der Waals surface area contributed by atoms with Crippen molar-refractivity contribution in [2.24, 2.45) is 5.92 Å². The van der Waals surface area contributed by atoms with Crippen LogP contribution in [0.3, 0.4) is 0 Å². The summed E-state index contributed by atoms with van der Waals surface area (Å²) in [5.41, 5.74) is -0.833. The van der Waals surface area contributed by atoms with Gasteiger partial charge in [-0.25, -0.2) is 9.97 Å². The lowest BCUT2D eigenvalue weighted by Gasteiger charge is -2.30. The van der Waals surface area contributed by atoms with Gasteiger partial charge in [-0.2, -0.15) is 26.3 Å². The van der Waals surface area contributed by atoms with E-state index in [1.807, 2.05) is 4.90 Å². The van der Waals surface area contributed by atoms with E-state index in [4.69, 9.17) is 4.74 Å². The highest BCUT2D eigenvalue weighted by Crippen LogP contribution is 2.40. The number of rotatable bonds is 8. The van der Waals surface area contributed by atoms with E-state index in [0.717, 1.165) is 19.2 Å². The van der Waals surface area contributed by atoms with Crippen LogP contribution in [0.5, 0.6) is 5.75 Å². The number of carboxylic acid groups (broad SMARTS) is 1. The number of nitrogens with one attached hydrogen (secondary N) is 1. The second-order valence-corrected chi connectivity index (χ2v) is 11.1. The first-order valence-electron chi connectivity index (χ1n) is 14.4. The van der Waals surface area contributed by atoms with Crippen LogP contribution >= 0.6 is 24.8 Å². The van der Waals surface area contributed by atoms with Crippen molar-refractivity contribution in [1.29, 1.82) is 0 Å². The van der Waals surface area contributed by atoms with Gasteiger partial charge in [-0.3, -0.25) is 19.5 Å². The molecule has 0 spiro atoms. The third-order valence-electron chi connectivity index (χ3n) is 8.16. The van der Waals surface area contributed by atoms with Gasteiger partial charge in [0.1, 0.15) is 23.3 Å². The number of halogens is 8. The minimum absolute atomic E-state index is 0. The molecule has 4 heterocycles. The number of alkyl halides is 6. The van der Waals surface area contributed by atoms with Gasteiger partial charge < -0.3 is 20.1 Å². The van der Waals surface area contributed by atoms with Crippen molar-refractivity contribution in [2.45, 2.75) is 50.6 Å². The van der Waals surface area contributed by atoms with Crippen LogP contribution in [-0.2, 0) is 17.5 Å². The summed E-state index contributed by atoms with van der Waals surface area (Å²) in [6.45, 7) is 0.759. The Morgan fingerprint density at radius 3 is 2.25 bits per heavy atom. The van der Waals surface area contributed by atoms with Crippen molar-refractivity contribution in [3.8, 4) is 17.0 Å². The predicted molar refractivity (Wildman–Crippen MR) is 168 cm³/mol. The number of nitrogens with zero attached hydrogens (tertiary/aromatic N) is 5. The first-order chi connectivity index (χ1) is 21.7. The van der Waals surface area contributed by atoms with Gasteiger partial charge in [-0.1, -0.05) is 0 Å². The number of piperidine rings is 1. The van der Waals surface area contributed by atoms with E-state index in [1.165, 1.54) is 35.6 Å². The van der Waals surface area contributed by atoms with Crippen LogP contribution in [0.25, 0.3) is 11.3 Å². The molecule has 48 heavy (non-hydrogen) atoms. The van der Waals surface area contributed by atoms with Crippen LogP contribution in [0, 0.1) is 5.92 Å². The Balaban J connectivity index is 0.00000312. The number of carbonyl (C=O) groups is 2. The Bertz CT molecular complexity index is 1590. The zero-order chi connectivity index (χ0) is 33.2. The average Bonchev–Trinajstić information content (AvgIpc) is 3.50. The SMILES string of the molecule is COc1ccc(-c2ncc(NC(=O)c3cnc(N4CCC(C(=O)O)CC4)cn3)cc2CN2CCC[C@H]2C(F)(F)F)cc1C(F)(F)F.Cl.Cl. The lowest BCUT2D eigenvalue weighted by Crippen LogP contribution is -2.40. The fourth-order valence-electron chi connectivity index (χ4n) is 5.79. The molecule has 5 rings (SSSR count). The molecule has 2 saturated heterocycles. The van der Waals surface area contributed by atoms with Gasteiger partial charge in [0.05, 0.1) is 48.6 Å². The second-order valence-electron chi connectivity index (χ2n) is 11.1. The molecular weight excluding hydrogens is 693 g/mol. The molecule has 0 bridgehead atoms. The van der Waals surface area contributed by atoms with Crippen LogP contribution in [0.1, 0.15) is 47.3 Å². The summed E-state index contributed by atoms with van der Waals surface area (Å²) in [4.78, 5) is 40.0. The monoisotopic (exact) mass is 724 g/mol. The number of likely N-dealkylation sites (tertiary alicyclic amines) is 1. The van der Waals surface area contributed by atoms with E-state index in [0.29, 0.717) is 31.7 Å². The Labute approximate surface area is 283 Å². The third kappa shape index (κ3) is 8.76. The summed E-state index contributed by atoms with van der Waals surface area (Å²) < 4.78 is 87.4. The highest BCUT2D eigenvalue weighted by Gasteiger charge is 2.46. The lowest BCUT2D eigenvalue weighted by atomic mass is 9.97. The number of hydrogen-bond acceptors (Lipinski definition) is 8. The fourth-order valence-corrected chi connectivity index (χ4v) is 5.79. The minimum atomic E-state index is -4.77. The van der Waals surface area contributed by atoms with Crippen molar-refractivity contribution in [3.63, 3.8) is 0 Å². The molecular formula is C30H32Cl2F6N6O4. The number of carboxylic acids is 1. The number of methoxy groups -OCH3 is 1. The number of benzene rings is 1. The number of carbonyl (C=O) groups excluding carboxylic acids is 1. The number of ether oxygens (including phenoxy) is 1. The smallest absolute Gasteiger partial charge is 0.419 e. The molecule has 2 aromatic heterocycles. The van der Waals surface area contributed by atoms with Crippen molar-refractivity contribution in [2.75, 3.05) is 37.0 Å². The Kier molecular flexibility index (Phi) is 12.5. The molecule has 1 amide bonds. The average molecular weight is 726 g/mol. The molecule has 10 nitrogen and oxygen atoms in total. The fraction of sp³-hybridized carbons (Fsp3) is 0.433. The van der Waals surface area contributed by atoms with Crippen molar-refractivity contribution in [1.82, 2.24) is 19.9 Å². The lowest BCUT2D eigenvalue weighted by molar-refractivity contribution is -0.177. The highest BCUT2D eigenvalue weighted by molar-refractivity contribution is 6.02. The normalized spacial score (nSPS) is 17.3. The second kappa shape index (κ2) is 15.6. The van der Waals surface area contributed by atoms with Gasteiger partial charge >= 0.3 is 18.3 Å². The molecule has 2 aliphatic rings. The van der Waals surface area contributed by atoms with Crippen molar-refractivity contribution in [3.05, 3.63) is 59.7 Å². The Morgan fingerprint density at radius 2 is 1.67 bits per heavy atom.